The Kier molecular flexibility index (Phi) is 5.63. The van der Waals surface area contributed by atoms with E-state index in [9.17, 15) is 12.8 Å². The Hall–Kier alpha value is -1.92. The van der Waals surface area contributed by atoms with E-state index in [1.807, 2.05) is 0 Å². The third kappa shape index (κ3) is 4.62. The Balaban J connectivity index is 1.71. The van der Waals surface area contributed by atoms with E-state index in [-0.39, 0.29) is 10.7 Å². The van der Waals surface area contributed by atoms with Crippen molar-refractivity contribution in [1.29, 1.82) is 0 Å². The molecule has 1 unspecified atom stereocenters. The van der Waals surface area contributed by atoms with E-state index in [2.05, 4.69) is 11.9 Å². The van der Waals surface area contributed by atoms with E-state index in [0.717, 1.165) is 24.8 Å². The number of hydrogen-bond acceptors (Lipinski definition) is 4. The Morgan fingerprint density at radius 1 is 1.15 bits per heavy atom. The molecule has 140 valence electrons. The highest BCUT2D eigenvalue weighted by Crippen LogP contribution is 2.27. The molecule has 6 heteroatoms. The second-order valence-electron chi connectivity index (χ2n) is 6.89. The Morgan fingerprint density at radius 3 is 2.50 bits per heavy atom. The normalized spacial score (nSPS) is 18.2. The minimum Gasteiger partial charge on any atom is -0.493 e. The molecule has 0 aliphatic carbocycles. The molecule has 1 atom stereocenters. The molecule has 26 heavy (non-hydrogen) atoms. The number of rotatable bonds is 6. The maximum atomic E-state index is 14.0. The summed E-state index contributed by atoms with van der Waals surface area (Å²) in [6.45, 7) is 1.67. The molecule has 1 aliphatic heterocycles. The van der Waals surface area contributed by atoms with Crippen molar-refractivity contribution in [3.8, 4) is 16.9 Å². The maximum Gasteiger partial charge on any atom is 0.175 e. The number of ether oxygens (including phenoxy) is 1. The first-order chi connectivity index (χ1) is 12.3. The minimum atomic E-state index is -3.25. The summed E-state index contributed by atoms with van der Waals surface area (Å²) in [5.41, 5.74) is 1.41. The first kappa shape index (κ1) is 18.9. The maximum absolute atomic E-state index is 14.0. The lowest BCUT2D eigenvalue weighted by atomic mass is 10.1. The van der Waals surface area contributed by atoms with Crippen molar-refractivity contribution in [2.45, 2.75) is 30.2 Å². The van der Waals surface area contributed by atoms with Gasteiger partial charge in [-0.05, 0) is 68.2 Å². The molecular formula is C20H24FNO3S. The minimum absolute atomic E-state index is 0.245. The highest BCUT2D eigenvalue weighted by Gasteiger charge is 2.20. The Morgan fingerprint density at radius 2 is 1.88 bits per heavy atom. The van der Waals surface area contributed by atoms with Crippen molar-refractivity contribution in [3.05, 3.63) is 48.3 Å². The molecule has 1 aliphatic rings. The highest BCUT2D eigenvalue weighted by molar-refractivity contribution is 7.90. The van der Waals surface area contributed by atoms with Crippen molar-refractivity contribution in [2.24, 2.45) is 0 Å². The highest BCUT2D eigenvalue weighted by atomic mass is 32.2. The van der Waals surface area contributed by atoms with Gasteiger partial charge in [0.25, 0.3) is 0 Å². The van der Waals surface area contributed by atoms with Crippen LogP contribution in [0.2, 0.25) is 0 Å². The molecule has 4 nitrogen and oxygen atoms in total. The number of hydrogen-bond donors (Lipinski definition) is 0. The van der Waals surface area contributed by atoms with Crippen LogP contribution in [0, 0.1) is 5.82 Å². The molecule has 1 saturated heterocycles. The second kappa shape index (κ2) is 7.76. The van der Waals surface area contributed by atoms with Crippen LogP contribution in [0.25, 0.3) is 11.1 Å². The van der Waals surface area contributed by atoms with E-state index in [1.165, 1.54) is 37.1 Å². The number of benzene rings is 2. The van der Waals surface area contributed by atoms with Gasteiger partial charge in [-0.15, -0.1) is 0 Å². The van der Waals surface area contributed by atoms with Gasteiger partial charge in [-0.1, -0.05) is 12.1 Å². The van der Waals surface area contributed by atoms with E-state index in [4.69, 9.17) is 4.74 Å². The van der Waals surface area contributed by atoms with Crippen molar-refractivity contribution in [2.75, 3.05) is 26.5 Å². The van der Waals surface area contributed by atoms with Crippen LogP contribution in [0.3, 0.4) is 0 Å². The van der Waals surface area contributed by atoms with Crippen LogP contribution in [0.1, 0.15) is 19.3 Å². The molecular weight excluding hydrogens is 353 g/mol. The van der Waals surface area contributed by atoms with Gasteiger partial charge in [0.15, 0.2) is 9.84 Å². The molecule has 0 N–H and O–H groups in total. The van der Waals surface area contributed by atoms with Gasteiger partial charge in [-0.25, -0.2) is 12.8 Å². The van der Waals surface area contributed by atoms with Crippen LogP contribution >= 0.6 is 0 Å². The molecule has 1 fully saturated rings. The summed E-state index contributed by atoms with van der Waals surface area (Å²) < 4.78 is 42.9. The summed E-state index contributed by atoms with van der Waals surface area (Å²) in [4.78, 5) is 2.58. The average Bonchev–Trinajstić information content (AvgIpc) is 2.99. The number of sulfone groups is 1. The van der Waals surface area contributed by atoms with Crippen molar-refractivity contribution in [3.63, 3.8) is 0 Å². The van der Waals surface area contributed by atoms with E-state index >= 15 is 0 Å². The van der Waals surface area contributed by atoms with Gasteiger partial charge in [0.2, 0.25) is 0 Å². The van der Waals surface area contributed by atoms with Crippen LogP contribution in [0.5, 0.6) is 5.75 Å². The molecule has 0 amide bonds. The summed E-state index contributed by atoms with van der Waals surface area (Å²) in [6, 6.07) is 11.6. The van der Waals surface area contributed by atoms with Gasteiger partial charge < -0.3 is 9.64 Å². The fraction of sp³-hybridized carbons (Fsp3) is 0.400. The first-order valence-corrected chi connectivity index (χ1v) is 10.7. The van der Waals surface area contributed by atoms with Gasteiger partial charge in [0.05, 0.1) is 11.5 Å². The second-order valence-corrected chi connectivity index (χ2v) is 8.90. The van der Waals surface area contributed by atoms with Crippen molar-refractivity contribution >= 4 is 9.84 Å². The van der Waals surface area contributed by atoms with E-state index in [1.54, 1.807) is 18.2 Å². The summed E-state index contributed by atoms with van der Waals surface area (Å²) in [5.74, 6) is 0.121. The predicted octanol–water partition coefficient (Wildman–Crippen LogP) is 3.76. The van der Waals surface area contributed by atoms with Gasteiger partial charge >= 0.3 is 0 Å². The quantitative estimate of drug-likeness (QED) is 0.769. The van der Waals surface area contributed by atoms with Crippen LogP contribution in [-0.4, -0.2) is 45.8 Å². The Labute approximate surface area is 154 Å². The molecule has 0 aromatic heterocycles. The number of halogens is 1. The summed E-state index contributed by atoms with van der Waals surface area (Å²) in [6.07, 6.45) is 4.49. The molecule has 0 radical (unpaired) electrons. The smallest absolute Gasteiger partial charge is 0.175 e. The summed E-state index contributed by atoms with van der Waals surface area (Å²) in [5, 5.41) is 0. The number of likely N-dealkylation sites (tertiary alicyclic amines) is 1. The lowest BCUT2D eigenvalue weighted by Crippen LogP contribution is -2.26. The summed E-state index contributed by atoms with van der Waals surface area (Å²) in [7, 11) is -1.12. The van der Waals surface area contributed by atoms with Gasteiger partial charge in [-0.2, -0.15) is 0 Å². The zero-order valence-electron chi connectivity index (χ0n) is 15.1. The average molecular weight is 377 g/mol. The third-order valence-electron chi connectivity index (χ3n) is 4.88. The molecule has 0 saturated carbocycles. The lowest BCUT2D eigenvalue weighted by Gasteiger charge is -2.19. The van der Waals surface area contributed by atoms with Crippen LogP contribution in [0.15, 0.2) is 47.4 Å². The van der Waals surface area contributed by atoms with Gasteiger partial charge in [0, 0.05) is 18.4 Å². The topological polar surface area (TPSA) is 46.6 Å². The van der Waals surface area contributed by atoms with Gasteiger partial charge in [-0.3, -0.25) is 0 Å². The SMILES string of the molecule is CN1CCCC1CCOc1cc(F)cc(-c2ccc(S(C)(=O)=O)cc2)c1. The zero-order chi connectivity index (χ0) is 18.7. The van der Waals surface area contributed by atoms with Gasteiger partial charge in [0.1, 0.15) is 11.6 Å². The molecule has 3 rings (SSSR count). The fourth-order valence-electron chi connectivity index (χ4n) is 3.36. The molecule has 2 aromatic rings. The van der Waals surface area contributed by atoms with Crippen LogP contribution in [-0.2, 0) is 9.84 Å². The predicted molar refractivity (Wildman–Crippen MR) is 101 cm³/mol. The van der Waals surface area contributed by atoms with E-state index < -0.39 is 9.84 Å². The standard InChI is InChI=1S/C20H24FNO3S/c1-22-10-3-4-18(22)9-11-25-19-13-16(12-17(21)14-19)15-5-7-20(8-6-15)26(2,23)24/h5-8,12-14,18H,3-4,9-11H2,1-2H3. The van der Waals surface area contributed by atoms with Crippen LogP contribution in [0.4, 0.5) is 4.39 Å². The van der Waals surface area contributed by atoms with Crippen molar-refractivity contribution in [1.82, 2.24) is 4.90 Å². The zero-order valence-corrected chi connectivity index (χ0v) is 15.9. The summed E-state index contributed by atoms with van der Waals surface area (Å²) >= 11 is 0. The largest absolute Gasteiger partial charge is 0.493 e. The molecule has 2 aromatic carbocycles. The number of nitrogens with zero attached hydrogens (tertiary/aromatic N) is 1. The fourth-order valence-corrected chi connectivity index (χ4v) is 3.99. The lowest BCUT2D eigenvalue weighted by molar-refractivity contribution is 0.233. The molecule has 1 heterocycles. The van der Waals surface area contributed by atoms with Crippen molar-refractivity contribution < 1.29 is 17.5 Å². The van der Waals surface area contributed by atoms with Crippen LogP contribution < -0.4 is 4.74 Å². The first-order valence-electron chi connectivity index (χ1n) is 8.77. The molecule has 0 bridgehead atoms. The molecule has 0 spiro atoms. The third-order valence-corrected chi connectivity index (χ3v) is 6.01. The van der Waals surface area contributed by atoms with E-state index in [0.29, 0.717) is 24.0 Å². The Bertz CT molecular complexity index is 865. The monoisotopic (exact) mass is 377 g/mol.